The second kappa shape index (κ2) is 4.75. The Kier molecular flexibility index (Phi) is 3.63. The van der Waals surface area contributed by atoms with Crippen LogP contribution in [0.2, 0.25) is 0 Å². The van der Waals surface area contributed by atoms with Gasteiger partial charge in [0, 0.05) is 19.8 Å². The lowest BCUT2D eigenvalue weighted by atomic mass is 9.96. The molecule has 0 saturated heterocycles. The first-order valence-corrected chi connectivity index (χ1v) is 4.30. The maximum atomic E-state index is 9.11. The van der Waals surface area contributed by atoms with E-state index in [9.17, 15) is 0 Å². The molecule has 1 atom stereocenters. The van der Waals surface area contributed by atoms with Crippen molar-refractivity contribution in [2.75, 3.05) is 20.8 Å². The molecule has 1 aromatic rings. The number of ether oxygens (including phenoxy) is 2. The van der Waals surface area contributed by atoms with Crippen molar-refractivity contribution in [3.8, 4) is 6.07 Å². The smallest absolute Gasteiger partial charge is 0.202 e. The standard InChI is InChI=1S/C11H13NO2/c1-13-9-11(8-12,14-2)10-6-4-3-5-7-10/h3-7H,9H2,1-2H3. The summed E-state index contributed by atoms with van der Waals surface area (Å²) in [5.41, 5.74) is -0.178. The molecule has 0 N–H and O–H groups in total. The summed E-state index contributed by atoms with van der Waals surface area (Å²) in [4.78, 5) is 0. The van der Waals surface area contributed by atoms with E-state index in [1.54, 1.807) is 7.11 Å². The van der Waals surface area contributed by atoms with E-state index in [2.05, 4.69) is 6.07 Å². The molecule has 0 bridgehead atoms. The number of benzene rings is 1. The molecule has 74 valence electrons. The highest BCUT2D eigenvalue weighted by atomic mass is 16.5. The fraction of sp³-hybridized carbons (Fsp3) is 0.364. The predicted molar refractivity (Wildman–Crippen MR) is 52.6 cm³/mol. The summed E-state index contributed by atoms with van der Waals surface area (Å²) in [6.45, 7) is 0.226. The minimum Gasteiger partial charge on any atom is -0.380 e. The van der Waals surface area contributed by atoms with E-state index in [1.807, 2.05) is 30.3 Å². The minimum absolute atomic E-state index is 0.226. The molecule has 3 heteroatoms. The number of hydrogen-bond donors (Lipinski definition) is 0. The Morgan fingerprint density at radius 1 is 1.29 bits per heavy atom. The topological polar surface area (TPSA) is 42.2 Å². The fourth-order valence-corrected chi connectivity index (χ4v) is 1.31. The van der Waals surface area contributed by atoms with Crippen molar-refractivity contribution < 1.29 is 9.47 Å². The molecule has 1 rings (SSSR count). The second-order valence-corrected chi connectivity index (χ2v) is 2.94. The van der Waals surface area contributed by atoms with Crippen molar-refractivity contribution in [2.45, 2.75) is 5.60 Å². The SMILES string of the molecule is COCC(C#N)(OC)c1ccccc1. The molecule has 0 saturated carbocycles. The van der Waals surface area contributed by atoms with Crippen LogP contribution in [-0.4, -0.2) is 20.8 Å². The number of hydrogen-bond acceptors (Lipinski definition) is 3. The van der Waals surface area contributed by atoms with Gasteiger partial charge in [0.1, 0.15) is 6.07 Å². The molecule has 0 radical (unpaired) electrons. The third-order valence-electron chi connectivity index (χ3n) is 2.12. The normalized spacial score (nSPS) is 14.4. The Morgan fingerprint density at radius 3 is 2.36 bits per heavy atom. The largest absolute Gasteiger partial charge is 0.380 e. The zero-order valence-electron chi connectivity index (χ0n) is 8.36. The Bertz CT molecular complexity index is 318. The van der Waals surface area contributed by atoms with E-state index in [0.717, 1.165) is 5.56 Å². The first-order chi connectivity index (χ1) is 6.79. The maximum absolute atomic E-state index is 9.11. The molecule has 0 aliphatic rings. The molecule has 1 unspecified atom stereocenters. The Labute approximate surface area is 83.9 Å². The summed E-state index contributed by atoms with van der Waals surface area (Å²) in [5.74, 6) is 0. The first kappa shape index (κ1) is 10.7. The summed E-state index contributed by atoms with van der Waals surface area (Å²) in [7, 11) is 3.06. The van der Waals surface area contributed by atoms with Crippen LogP contribution in [0.3, 0.4) is 0 Å². The van der Waals surface area contributed by atoms with Gasteiger partial charge in [0.2, 0.25) is 5.60 Å². The van der Waals surface area contributed by atoms with Gasteiger partial charge in [-0.3, -0.25) is 0 Å². The van der Waals surface area contributed by atoms with Crippen molar-refractivity contribution in [3.63, 3.8) is 0 Å². The van der Waals surface area contributed by atoms with E-state index in [-0.39, 0.29) is 6.61 Å². The molecule has 0 aliphatic heterocycles. The van der Waals surface area contributed by atoms with Crippen LogP contribution in [0.1, 0.15) is 5.56 Å². The Balaban J connectivity index is 3.06. The summed E-state index contributed by atoms with van der Waals surface area (Å²) < 4.78 is 10.2. The number of nitriles is 1. The van der Waals surface area contributed by atoms with Crippen LogP contribution in [0.4, 0.5) is 0 Å². The molecular weight excluding hydrogens is 178 g/mol. The van der Waals surface area contributed by atoms with Gasteiger partial charge in [-0.05, 0) is 0 Å². The van der Waals surface area contributed by atoms with Crippen LogP contribution in [-0.2, 0) is 15.1 Å². The highest BCUT2D eigenvalue weighted by molar-refractivity contribution is 5.29. The van der Waals surface area contributed by atoms with Crippen molar-refractivity contribution >= 4 is 0 Å². The number of rotatable bonds is 4. The van der Waals surface area contributed by atoms with Gasteiger partial charge >= 0.3 is 0 Å². The zero-order valence-corrected chi connectivity index (χ0v) is 8.36. The molecule has 0 heterocycles. The average Bonchev–Trinajstić information content (AvgIpc) is 2.27. The molecule has 0 fully saturated rings. The van der Waals surface area contributed by atoms with E-state index >= 15 is 0 Å². The lowest BCUT2D eigenvalue weighted by Crippen LogP contribution is -2.31. The molecule has 1 aromatic carbocycles. The summed E-state index contributed by atoms with van der Waals surface area (Å²) >= 11 is 0. The lowest BCUT2D eigenvalue weighted by molar-refractivity contribution is -0.0273. The quantitative estimate of drug-likeness (QED) is 0.727. The Morgan fingerprint density at radius 2 is 1.93 bits per heavy atom. The van der Waals surface area contributed by atoms with E-state index in [1.165, 1.54) is 7.11 Å². The van der Waals surface area contributed by atoms with E-state index in [4.69, 9.17) is 14.7 Å². The zero-order chi connectivity index (χ0) is 10.4. The Hall–Kier alpha value is -1.37. The number of methoxy groups -OCH3 is 2. The van der Waals surface area contributed by atoms with Gasteiger partial charge in [0.05, 0.1) is 6.61 Å². The highest BCUT2D eigenvalue weighted by Crippen LogP contribution is 2.24. The minimum atomic E-state index is -0.990. The van der Waals surface area contributed by atoms with Crippen molar-refractivity contribution in [1.29, 1.82) is 5.26 Å². The molecular formula is C11H13NO2. The van der Waals surface area contributed by atoms with Crippen LogP contribution >= 0.6 is 0 Å². The van der Waals surface area contributed by atoms with Gasteiger partial charge in [-0.15, -0.1) is 0 Å². The average molecular weight is 191 g/mol. The molecule has 0 spiro atoms. The van der Waals surface area contributed by atoms with Gasteiger partial charge in [-0.2, -0.15) is 5.26 Å². The van der Waals surface area contributed by atoms with Crippen LogP contribution < -0.4 is 0 Å². The molecule has 0 amide bonds. The van der Waals surface area contributed by atoms with Gasteiger partial charge < -0.3 is 9.47 Å². The van der Waals surface area contributed by atoms with Crippen LogP contribution in [0.15, 0.2) is 30.3 Å². The molecule has 0 aliphatic carbocycles. The lowest BCUT2D eigenvalue weighted by Gasteiger charge is -2.24. The molecule has 14 heavy (non-hydrogen) atoms. The fourth-order valence-electron chi connectivity index (χ4n) is 1.31. The first-order valence-electron chi connectivity index (χ1n) is 4.30. The van der Waals surface area contributed by atoms with Crippen molar-refractivity contribution in [1.82, 2.24) is 0 Å². The van der Waals surface area contributed by atoms with E-state index < -0.39 is 5.60 Å². The van der Waals surface area contributed by atoms with Crippen LogP contribution in [0.5, 0.6) is 0 Å². The van der Waals surface area contributed by atoms with Gasteiger partial charge in [0.15, 0.2) is 0 Å². The molecule has 0 aromatic heterocycles. The summed E-state index contributed by atoms with van der Waals surface area (Å²) in [5, 5.41) is 9.11. The number of nitrogens with zero attached hydrogens (tertiary/aromatic N) is 1. The second-order valence-electron chi connectivity index (χ2n) is 2.94. The van der Waals surface area contributed by atoms with Gasteiger partial charge in [0.25, 0.3) is 0 Å². The van der Waals surface area contributed by atoms with Gasteiger partial charge in [-0.25, -0.2) is 0 Å². The van der Waals surface area contributed by atoms with Crippen LogP contribution in [0, 0.1) is 11.3 Å². The highest BCUT2D eigenvalue weighted by Gasteiger charge is 2.31. The predicted octanol–water partition coefficient (Wildman–Crippen LogP) is 1.70. The van der Waals surface area contributed by atoms with Gasteiger partial charge in [-0.1, -0.05) is 30.3 Å². The maximum Gasteiger partial charge on any atom is 0.202 e. The third kappa shape index (κ3) is 1.92. The summed E-state index contributed by atoms with van der Waals surface area (Å²) in [6.07, 6.45) is 0. The summed E-state index contributed by atoms with van der Waals surface area (Å²) in [6, 6.07) is 11.5. The molecule has 3 nitrogen and oxygen atoms in total. The van der Waals surface area contributed by atoms with Crippen molar-refractivity contribution in [2.24, 2.45) is 0 Å². The van der Waals surface area contributed by atoms with Crippen molar-refractivity contribution in [3.05, 3.63) is 35.9 Å². The monoisotopic (exact) mass is 191 g/mol. The van der Waals surface area contributed by atoms with Crippen LogP contribution in [0.25, 0.3) is 0 Å². The van der Waals surface area contributed by atoms with E-state index in [0.29, 0.717) is 0 Å². The third-order valence-corrected chi connectivity index (χ3v) is 2.12.